The van der Waals surface area contributed by atoms with Crippen LogP contribution in [-0.4, -0.2) is 13.1 Å². The van der Waals surface area contributed by atoms with Gasteiger partial charge in [-0.3, -0.25) is 0 Å². The average Bonchev–Trinajstić information content (AvgIpc) is 2.29. The molecule has 1 aliphatic rings. The molecule has 1 rings (SSSR count). The summed E-state index contributed by atoms with van der Waals surface area (Å²) in [6.07, 6.45) is 8.47. The highest BCUT2D eigenvalue weighted by atomic mass is 14.9. The van der Waals surface area contributed by atoms with Crippen LogP contribution in [0.1, 0.15) is 73.1 Å². The molecule has 0 heterocycles. The molecule has 1 fully saturated rings. The van der Waals surface area contributed by atoms with E-state index in [0.717, 1.165) is 23.8 Å². The van der Waals surface area contributed by atoms with Gasteiger partial charge in [0.2, 0.25) is 0 Å². The molecule has 1 nitrogen and oxygen atoms in total. The van der Waals surface area contributed by atoms with E-state index in [-0.39, 0.29) is 0 Å². The van der Waals surface area contributed by atoms with Crippen LogP contribution in [0.2, 0.25) is 0 Å². The largest absolute Gasteiger partial charge is 0.317 e. The van der Waals surface area contributed by atoms with Crippen molar-refractivity contribution in [3.05, 3.63) is 0 Å². The molecule has 1 atom stereocenters. The van der Waals surface area contributed by atoms with Crippen LogP contribution in [-0.2, 0) is 0 Å². The highest BCUT2D eigenvalue weighted by Gasteiger charge is 2.28. The summed E-state index contributed by atoms with van der Waals surface area (Å²) in [4.78, 5) is 0. The third-order valence-electron chi connectivity index (χ3n) is 4.90. The number of hydrogen-bond acceptors (Lipinski definition) is 1. The molecular formula is C17H35N. The zero-order chi connectivity index (χ0) is 13.8. The van der Waals surface area contributed by atoms with Crippen LogP contribution < -0.4 is 5.32 Å². The first-order chi connectivity index (χ1) is 8.33. The molecule has 0 saturated heterocycles. The zero-order valence-electron chi connectivity index (χ0n) is 13.6. The highest BCUT2D eigenvalue weighted by molar-refractivity contribution is 4.83. The van der Waals surface area contributed by atoms with E-state index in [1.165, 1.54) is 38.5 Å². The van der Waals surface area contributed by atoms with E-state index >= 15 is 0 Å². The Morgan fingerprint density at radius 2 is 1.50 bits per heavy atom. The molecule has 0 aromatic rings. The molecule has 0 spiro atoms. The zero-order valence-corrected chi connectivity index (χ0v) is 13.6. The summed E-state index contributed by atoms with van der Waals surface area (Å²) in [5.74, 6) is 2.79. The second kappa shape index (κ2) is 6.93. The van der Waals surface area contributed by atoms with Gasteiger partial charge in [-0.25, -0.2) is 0 Å². The second-order valence-corrected chi connectivity index (χ2v) is 7.91. The van der Waals surface area contributed by atoms with Crippen molar-refractivity contribution in [3.8, 4) is 0 Å². The van der Waals surface area contributed by atoms with Crippen molar-refractivity contribution in [1.82, 2.24) is 5.32 Å². The van der Waals surface area contributed by atoms with E-state index in [4.69, 9.17) is 0 Å². The van der Waals surface area contributed by atoms with Crippen molar-refractivity contribution < 1.29 is 0 Å². The van der Waals surface area contributed by atoms with E-state index in [2.05, 4.69) is 47.0 Å². The van der Waals surface area contributed by atoms with Gasteiger partial charge in [0.05, 0.1) is 0 Å². The lowest BCUT2D eigenvalue weighted by molar-refractivity contribution is 0.178. The molecule has 1 aliphatic carbocycles. The van der Waals surface area contributed by atoms with Crippen molar-refractivity contribution in [2.45, 2.75) is 79.2 Å². The Morgan fingerprint density at radius 3 is 1.89 bits per heavy atom. The van der Waals surface area contributed by atoms with Gasteiger partial charge in [-0.15, -0.1) is 0 Å². The predicted octanol–water partition coefficient (Wildman–Crippen LogP) is 4.86. The van der Waals surface area contributed by atoms with E-state index in [9.17, 15) is 0 Å². The molecule has 0 aliphatic heterocycles. The third kappa shape index (κ3) is 5.30. The topological polar surface area (TPSA) is 12.0 Å². The Bertz CT molecular complexity index is 218. The standard InChI is InChI=1S/C17H35N/c1-13(2)14-7-9-15(10-8-14)16(18-6)11-12-17(3,4)5/h13-16,18H,7-12H2,1-6H3. The first-order valence-electron chi connectivity index (χ1n) is 8.00. The van der Waals surface area contributed by atoms with Gasteiger partial charge in [-0.2, -0.15) is 0 Å². The summed E-state index contributed by atoms with van der Waals surface area (Å²) in [6.45, 7) is 11.8. The van der Waals surface area contributed by atoms with E-state index in [1.54, 1.807) is 0 Å². The minimum absolute atomic E-state index is 0.476. The minimum atomic E-state index is 0.476. The predicted molar refractivity (Wildman–Crippen MR) is 81.8 cm³/mol. The first-order valence-corrected chi connectivity index (χ1v) is 8.00. The van der Waals surface area contributed by atoms with Crippen LogP contribution in [0, 0.1) is 23.2 Å². The van der Waals surface area contributed by atoms with E-state index in [0.29, 0.717) is 5.41 Å². The molecule has 1 N–H and O–H groups in total. The molecule has 0 bridgehead atoms. The van der Waals surface area contributed by atoms with Crippen LogP contribution in [0.4, 0.5) is 0 Å². The molecule has 0 radical (unpaired) electrons. The van der Waals surface area contributed by atoms with Crippen LogP contribution in [0.3, 0.4) is 0 Å². The highest BCUT2D eigenvalue weighted by Crippen LogP contribution is 2.36. The smallest absolute Gasteiger partial charge is 0.00925 e. The van der Waals surface area contributed by atoms with Crippen LogP contribution in [0.15, 0.2) is 0 Å². The van der Waals surface area contributed by atoms with Crippen LogP contribution in [0.25, 0.3) is 0 Å². The lowest BCUT2D eigenvalue weighted by atomic mass is 9.73. The Kier molecular flexibility index (Phi) is 6.17. The normalized spacial score (nSPS) is 27.5. The maximum Gasteiger partial charge on any atom is 0.00925 e. The average molecular weight is 253 g/mol. The molecular weight excluding hydrogens is 218 g/mol. The maximum atomic E-state index is 3.59. The Balaban J connectivity index is 2.38. The number of hydrogen-bond donors (Lipinski definition) is 1. The minimum Gasteiger partial charge on any atom is -0.317 e. The van der Waals surface area contributed by atoms with Gasteiger partial charge in [0.15, 0.2) is 0 Å². The molecule has 18 heavy (non-hydrogen) atoms. The van der Waals surface area contributed by atoms with Gasteiger partial charge in [0.25, 0.3) is 0 Å². The van der Waals surface area contributed by atoms with Crippen LogP contribution in [0.5, 0.6) is 0 Å². The molecule has 1 saturated carbocycles. The molecule has 0 aromatic carbocycles. The van der Waals surface area contributed by atoms with Gasteiger partial charge in [-0.05, 0) is 68.7 Å². The number of rotatable bonds is 5. The van der Waals surface area contributed by atoms with Gasteiger partial charge in [0, 0.05) is 6.04 Å². The first kappa shape index (κ1) is 16.0. The third-order valence-corrected chi connectivity index (χ3v) is 4.90. The van der Waals surface area contributed by atoms with Gasteiger partial charge in [-0.1, -0.05) is 34.6 Å². The molecule has 1 heteroatoms. The SMILES string of the molecule is CNC(CCC(C)(C)C)C1CCC(C(C)C)CC1. The molecule has 0 amide bonds. The number of nitrogens with one attached hydrogen (secondary N) is 1. The molecule has 108 valence electrons. The summed E-state index contributed by atoms with van der Waals surface area (Å²) >= 11 is 0. The van der Waals surface area contributed by atoms with Crippen molar-refractivity contribution >= 4 is 0 Å². The van der Waals surface area contributed by atoms with Crippen molar-refractivity contribution in [2.24, 2.45) is 23.2 Å². The summed E-state index contributed by atoms with van der Waals surface area (Å²) in [5, 5.41) is 3.59. The fourth-order valence-electron chi connectivity index (χ4n) is 3.42. The fourth-order valence-corrected chi connectivity index (χ4v) is 3.42. The Labute approximate surface area is 115 Å². The van der Waals surface area contributed by atoms with Crippen molar-refractivity contribution in [3.63, 3.8) is 0 Å². The quantitative estimate of drug-likeness (QED) is 0.737. The van der Waals surface area contributed by atoms with Crippen molar-refractivity contribution in [1.29, 1.82) is 0 Å². The Morgan fingerprint density at radius 1 is 1.00 bits per heavy atom. The van der Waals surface area contributed by atoms with Crippen LogP contribution >= 0.6 is 0 Å². The molecule has 1 unspecified atom stereocenters. The van der Waals surface area contributed by atoms with Crippen molar-refractivity contribution in [2.75, 3.05) is 7.05 Å². The van der Waals surface area contributed by atoms with E-state index in [1.807, 2.05) is 0 Å². The summed E-state index contributed by atoms with van der Waals surface area (Å²) in [6, 6.07) is 0.748. The van der Waals surface area contributed by atoms with E-state index < -0.39 is 0 Å². The summed E-state index contributed by atoms with van der Waals surface area (Å²) < 4.78 is 0. The van der Waals surface area contributed by atoms with Gasteiger partial charge >= 0.3 is 0 Å². The lowest BCUT2D eigenvalue weighted by Crippen LogP contribution is -2.37. The van der Waals surface area contributed by atoms with Gasteiger partial charge in [0.1, 0.15) is 0 Å². The Hall–Kier alpha value is -0.0400. The second-order valence-electron chi connectivity index (χ2n) is 7.91. The summed E-state index contributed by atoms with van der Waals surface area (Å²) in [7, 11) is 2.15. The lowest BCUT2D eigenvalue weighted by Gasteiger charge is -2.36. The summed E-state index contributed by atoms with van der Waals surface area (Å²) in [5.41, 5.74) is 0.476. The molecule has 0 aromatic heterocycles. The fraction of sp³-hybridized carbons (Fsp3) is 1.00. The monoisotopic (exact) mass is 253 g/mol. The maximum absolute atomic E-state index is 3.59. The van der Waals surface area contributed by atoms with Gasteiger partial charge < -0.3 is 5.32 Å².